The van der Waals surface area contributed by atoms with Gasteiger partial charge in [-0.05, 0) is 39.7 Å². The largest absolute Gasteiger partial charge is 0.329 e. The molecule has 1 aliphatic carbocycles. The van der Waals surface area contributed by atoms with Gasteiger partial charge in [-0.25, -0.2) is 0 Å². The van der Waals surface area contributed by atoms with Crippen molar-refractivity contribution < 1.29 is 0 Å². The van der Waals surface area contributed by atoms with Crippen LogP contribution in [0.2, 0.25) is 0 Å². The Morgan fingerprint density at radius 2 is 2.07 bits per heavy atom. The molecule has 2 N–H and O–H groups in total. The molecule has 0 bridgehead atoms. The van der Waals surface area contributed by atoms with Crippen molar-refractivity contribution in [2.24, 2.45) is 11.7 Å². The molecule has 2 atom stereocenters. The Balaban J connectivity index is 2.55. The average molecular weight is 212 g/mol. The van der Waals surface area contributed by atoms with Crippen LogP contribution in [0.3, 0.4) is 0 Å². The van der Waals surface area contributed by atoms with E-state index in [9.17, 15) is 0 Å². The van der Waals surface area contributed by atoms with Crippen LogP contribution in [0.25, 0.3) is 0 Å². The number of hydrogen-bond acceptors (Lipinski definition) is 2. The molecule has 0 amide bonds. The molecule has 90 valence electrons. The van der Waals surface area contributed by atoms with Crippen LogP contribution in [0.5, 0.6) is 0 Å². The summed E-state index contributed by atoms with van der Waals surface area (Å²) in [7, 11) is 2.24. The predicted molar refractivity (Wildman–Crippen MR) is 66.9 cm³/mol. The first kappa shape index (κ1) is 13.0. The molecule has 2 nitrogen and oxygen atoms in total. The lowest BCUT2D eigenvalue weighted by molar-refractivity contribution is 0.0593. The molecule has 15 heavy (non-hydrogen) atoms. The molecule has 0 heterocycles. The minimum Gasteiger partial charge on any atom is -0.329 e. The molecule has 0 aromatic carbocycles. The maximum Gasteiger partial charge on any atom is 0.0306 e. The van der Waals surface area contributed by atoms with Crippen LogP contribution in [-0.2, 0) is 0 Å². The van der Waals surface area contributed by atoms with Gasteiger partial charge in [-0.1, -0.05) is 26.2 Å². The Kier molecular flexibility index (Phi) is 4.60. The summed E-state index contributed by atoms with van der Waals surface area (Å²) in [6, 6.07) is 0.638. The maximum atomic E-state index is 5.99. The number of hydrogen-bond donors (Lipinski definition) is 1. The van der Waals surface area contributed by atoms with Crippen LogP contribution < -0.4 is 5.73 Å². The second-order valence-corrected chi connectivity index (χ2v) is 5.57. The highest BCUT2D eigenvalue weighted by Crippen LogP contribution is 2.36. The molecule has 0 spiro atoms. The van der Waals surface area contributed by atoms with Gasteiger partial charge in [0.15, 0.2) is 0 Å². The van der Waals surface area contributed by atoms with Gasteiger partial charge in [-0.15, -0.1) is 0 Å². The SMILES string of the molecule is CCC(C)N(C)C(C)(CN)CC1CCC1. The summed E-state index contributed by atoms with van der Waals surface area (Å²) >= 11 is 0. The van der Waals surface area contributed by atoms with Crippen molar-refractivity contribution >= 4 is 0 Å². The molecule has 1 rings (SSSR count). The van der Waals surface area contributed by atoms with E-state index in [2.05, 4.69) is 32.7 Å². The second kappa shape index (κ2) is 5.31. The third-order valence-electron chi connectivity index (χ3n) is 4.50. The molecule has 1 fully saturated rings. The van der Waals surface area contributed by atoms with Crippen LogP contribution in [0.4, 0.5) is 0 Å². The van der Waals surface area contributed by atoms with Gasteiger partial charge in [-0.2, -0.15) is 0 Å². The molecule has 0 radical (unpaired) electrons. The fourth-order valence-electron chi connectivity index (χ4n) is 2.50. The zero-order valence-electron chi connectivity index (χ0n) is 10.9. The normalized spacial score (nSPS) is 23.6. The average Bonchev–Trinajstić information content (AvgIpc) is 2.21. The van der Waals surface area contributed by atoms with Gasteiger partial charge >= 0.3 is 0 Å². The highest BCUT2D eigenvalue weighted by molar-refractivity contribution is 4.91. The van der Waals surface area contributed by atoms with E-state index in [1.165, 1.54) is 32.1 Å². The third-order valence-corrected chi connectivity index (χ3v) is 4.50. The van der Waals surface area contributed by atoms with Gasteiger partial charge in [0.1, 0.15) is 0 Å². The standard InChI is InChI=1S/C13H28N2/c1-5-11(2)15(4)13(3,10-14)9-12-7-6-8-12/h11-12H,5-10,14H2,1-4H3. The highest BCUT2D eigenvalue weighted by atomic mass is 15.2. The van der Waals surface area contributed by atoms with Crippen molar-refractivity contribution in [2.45, 2.75) is 64.5 Å². The van der Waals surface area contributed by atoms with E-state index >= 15 is 0 Å². The Bertz CT molecular complexity index is 189. The molecule has 0 aromatic heterocycles. The molecular formula is C13H28N2. The van der Waals surface area contributed by atoms with E-state index in [0.717, 1.165) is 12.5 Å². The smallest absolute Gasteiger partial charge is 0.0306 e. The summed E-state index contributed by atoms with van der Waals surface area (Å²) in [4.78, 5) is 2.49. The molecule has 2 unspecified atom stereocenters. The van der Waals surface area contributed by atoms with Gasteiger partial charge in [0.2, 0.25) is 0 Å². The lowest BCUT2D eigenvalue weighted by atomic mass is 9.75. The molecule has 1 saturated carbocycles. The van der Waals surface area contributed by atoms with E-state index in [1.54, 1.807) is 0 Å². The summed E-state index contributed by atoms with van der Waals surface area (Å²) < 4.78 is 0. The van der Waals surface area contributed by atoms with Crippen molar-refractivity contribution in [3.8, 4) is 0 Å². The minimum atomic E-state index is 0.209. The summed E-state index contributed by atoms with van der Waals surface area (Å²) in [5.74, 6) is 0.935. The Labute approximate surface area is 95.2 Å². The van der Waals surface area contributed by atoms with Crippen LogP contribution in [0.15, 0.2) is 0 Å². The van der Waals surface area contributed by atoms with E-state index in [4.69, 9.17) is 5.73 Å². The monoisotopic (exact) mass is 212 g/mol. The van der Waals surface area contributed by atoms with Crippen LogP contribution in [0, 0.1) is 5.92 Å². The first-order valence-corrected chi connectivity index (χ1v) is 6.46. The number of nitrogens with two attached hydrogens (primary N) is 1. The summed E-state index contributed by atoms with van der Waals surface area (Å²) in [6.45, 7) is 7.66. The fraction of sp³-hybridized carbons (Fsp3) is 1.00. The van der Waals surface area contributed by atoms with Gasteiger partial charge in [0.05, 0.1) is 0 Å². The van der Waals surface area contributed by atoms with E-state index in [1.807, 2.05) is 0 Å². The quantitative estimate of drug-likeness (QED) is 0.733. The topological polar surface area (TPSA) is 29.3 Å². The molecule has 0 saturated heterocycles. The van der Waals surface area contributed by atoms with Gasteiger partial charge in [-0.3, -0.25) is 4.90 Å². The summed E-state index contributed by atoms with van der Waals surface area (Å²) in [5, 5.41) is 0. The van der Waals surface area contributed by atoms with Gasteiger partial charge in [0, 0.05) is 18.1 Å². The number of nitrogens with zero attached hydrogens (tertiary/aromatic N) is 1. The molecule has 0 aromatic rings. The second-order valence-electron chi connectivity index (χ2n) is 5.57. The number of rotatable bonds is 6. The lowest BCUT2D eigenvalue weighted by Crippen LogP contribution is -2.54. The molecule has 0 aliphatic heterocycles. The van der Waals surface area contributed by atoms with Crippen LogP contribution in [0.1, 0.15) is 52.9 Å². The van der Waals surface area contributed by atoms with E-state index in [-0.39, 0.29) is 5.54 Å². The fourth-order valence-corrected chi connectivity index (χ4v) is 2.50. The molecule has 2 heteroatoms. The molecule has 1 aliphatic rings. The van der Waals surface area contributed by atoms with Crippen molar-refractivity contribution in [3.05, 3.63) is 0 Å². The molecular weight excluding hydrogens is 184 g/mol. The highest BCUT2D eigenvalue weighted by Gasteiger charge is 2.34. The van der Waals surface area contributed by atoms with Crippen molar-refractivity contribution in [3.63, 3.8) is 0 Å². The minimum absolute atomic E-state index is 0.209. The van der Waals surface area contributed by atoms with E-state index < -0.39 is 0 Å². The lowest BCUT2D eigenvalue weighted by Gasteiger charge is -2.45. The third kappa shape index (κ3) is 2.94. The van der Waals surface area contributed by atoms with Crippen LogP contribution in [-0.4, -0.2) is 30.1 Å². The van der Waals surface area contributed by atoms with Crippen molar-refractivity contribution in [1.82, 2.24) is 4.90 Å². The maximum absolute atomic E-state index is 5.99. The predicted octanol–water partition coefficient (Wildman–Crippen LogP) is 2.62. The zero-order chi connectivity index (χ0) is 11.5. The van der Waals surface area contributed by atoms with Crippen LogP contribution >= 0.6 is 0 Å². The summed E-state index contributed by atoms with van der Waals surface area (Å²) in [5.41, 5.74) is 6.19. The first-order valence-electron chi connectivity index (χ1n) is 6.46. The van der Waals surface area contributed by atoms with E-state index in [0.29, 0.717) is 6.04 Å². The number of likely N-dealkylation sites (N-methyl/N-ethyl adjacent to an activating group) is 1. The van der Waals surface area contributed by atoms with Crippen molar-refractivity contribution in [2.75, 3.05) is 13.6 Å². The summed E-state index contributed by atoms with van der Waals surface area (Å²) in [6.07, 6.45) is 6.76. The Morgan fingerprint density at radius 1 is 1.47 bits per heavy atom. The van der Waals surface area contributed by atoms with Gasteiger partial charge < -0.3 is 5.73 Å². The Hall–Kier alpha value is -0.0800. The first-order chi connectivity index (χ1) is 7.03. The zero-order valence-corrected chi connectivity index (χ0v) is 10.9. The van der Waals surface area contributed by atoms with Crippen molar-refractivity contribution in [1.29, 1.82) is 0 Å². The Morgan fingerprint density at radius 3 is 2.40 bits per heavy atom. The van der Waals surface area contributed by atoms with Gasteiger partial charge in [0.25, 0.3) is 0 Å².